The van der Waals surface area contributed by atoms with E-state index in [1.165, 1.54) is 7.11 Å². The summed E-state index contributed by atoms with van der Waals surface area (Å²) in [5, 5.41) is 10.4. The molecule has 0 fully saturated rings. The van der Waals surface area contributed by atoms with Crippen LogP contribution in [-0.2, 0) is 19.1 Å². The van der Waals surface area contributed by atoms with Gasteiger partial charge in [-0.25, -0.2) is 4.79 Å². The van der Waals surface area contributed by atoms with Crippen LogP contribution in [0, 0.1) is 5.92 Å². The van der Waals surface area contributed by atoms with Crippen molar-refractivity contribution < 1.29 is 24.2 Å². The Morgan fingerprint density at radius 3 is 2.50 bits per heavy atom. The lowest BCUT2D eigenvalue weighted by molar-refractivity contribution is -0.177. The minimum Gasteiger partial charge on any atom is -0.469 e. The highest BCUT2D eigenvalue weighted by Gasteiger charge is 2.44. The molecule has 0 aliphatic rings. The second-order valence-electron chi connectivity index (χ2n) is 4.10. The number of aliphatic hydroxyl groups is 1. The van der Waals surface area contributed by atoms with Crippen LogP contribution in [0.15, 0.2) is 12.2 Å². The SMILES string of the molecule is CC=CCC(C)C(O)(CC(=O)OC)C(=O)OCC. The molecule has 0 bridgehead atoms. The van der Waals surface area contributed by atoms with Crippen LogP contribution in [0.1, 0.15) is 33.6 Å². The molecule has 2 atom stereocenters. The van der Waals surface area contributed by atoms with Gasteiger partial charge in [0.15, 0.2) is 5.60 Å². The fourth-order valence-corrected chi connectivity index (χ4v) is 1.53. The van der Waals surface area contributed by atoms with Crippen molar-refractivity contribution in [2.45, 2.75) is 39.2 Å². The van der Waals surface area contributed by atoms with Crippen LogP contribution in [0.4, 0.5) is 0 Å². The normalized spacial score (nSPS) is 16.1. The van der Waals surface area contributed by atoms with Crippen molar-refractivity contribution in [3.05, 3.63) is 12.2 Å². The number of carbonyl (C=O) groups is 2. The molecule has 0 saturated carbocycles. The van der Waals surface area contributed by atoms with Crippen LogP contribution in [0.2, 0.25) is 0 Å². The fourth-order valence-electron chi connectivity index (χ4n) is 1.53. The average molecular weight is 258 g/mol. The van der Waals surface area contributed by atoms with Gasteiger partial charge in [0.05, 0.1) is 20.1 Å². The Kier molecular flexibility index (Phi) is 7.27. The Morgan fingerprint density at radius 1 is 1.44 bits per heavy atom. The summed E-state index contributed by atoms with van der Waals surface area (Å²) in [6, 6.07) is 0. The van der Waals surface area contributed by atoms with Gasteiger partial charge in [0.1, 0.15) is 0 Å². The van der Waals surface area contributed by atoms with E-state index in [1.807, 2.05) is 19.1 Å². The van der Waals surface area contributed by atoms with Crippen LogP contribution < -0.4 is 0 Å². The van der Waals surface area contributed by atoms with Crippen molar-refractivity contribution in [3.8, 4) is 0 Å². The molecule has 0 amide bonds. The van der Waals surface area contributed by atoms with Gasteiger partial charge in [0.2, 0.25) is 0 Å². The first kappa shape index (κ1) is 16.6. The van der Waals surface area contributed by atoms with Crippen LogP contribution in [-0.4, -0.2) is 36.4 Å². The van der Waals surface area contributed by atoms with E-state index in [9.17, 15) is 14.7 Å². The largest absolute Gasteiger partial charge is 0.469 e. The highest BCUT2D eigenvalue weighted by atomic mass is 16.6. The third-order valence-electron chi connectivity index (χ3n) is 2.81. The summed E-state index contributed by atoms with van der Waals surface area (Å²) in [7, 11) is 1.21. The maximum atomic E-state index is 11.8. The van der Waals surface area contributed by atoms with Crippen LogP contribution in [0.25, 0.3) is 0 Å². The van der Waals surface area contributed by atoms with Gasteiger partial charge in [0, 0.05) is 0 Å². The molecule has 0 heterocycles. The van der Waals surface area contributed by atoms with Crippen molar-refractivity contribution in [1.82, 2.24) is 0 Å². The molecule has 0 spiro atoms. The molecule has 5 heteroatoms. The quantitative estimate of drug-likeness (QED) is 0.552. The number of esters is 2. The van der Waals surface area contributed by atoms with Gasteiger partial charge in [0.25, 0.3) is 0 Å². The van der Waals surface area contributed by atoms with E-state index < -0.39 is 29.9 Å². The van der Waals surface area contributed by atoms with Gasteiger partial charge < -0.3 is 14.6 Å². The van der Waals surface area contributed by atoms with Gasteiger partial charge in [-0.2, -0.15) is 0 Å². The van der Waals surface area contributed by atoms with Crippen molar-refractivity contribution in [2.75, 3.05) is 13.7 Å². The first-order valence-corrected chi connectivity index (χ1v) is 5.99. The lowest BCUT2D eigenvalue weighted by atomic mass is 9.83. The second kappa shape index (κ2) is 7.87. The number of hydrogen-bond donors (Lipinski definition) is 1. The van der Waals surface area contributed by atoms with Crippen molar-refractivity contribution in [3.63, 3.8) is 0 Å². The van der Waals surface area contributed by atoms with Gasteiger partial charge >= 0.3 is 11.9 Å². The minimum atomic E-state index is -1.84. The second-order valence-corrected chi connectivity index (χ2v) is 4.10. The van der Waals surface area contributed by atoms with Crippen LogP contribution in [0.5, 0.6) is 0 Å². The number of allylic oxidation sites excluding steroid dienone is 2. The van der Waals surface area contributed by atoms with Gasteiger partial charge in [-0.1, -0.05) is 19.1 Å². The van der Waals surface area contributed by atoms with Crippen molar-refractivity contribution in [2.24, 2.45) is 5.92 Å². The summed E-state index contributed by atoms with van der Waals surface area (Å²) in [6.45, 7) is 5.34. The predicted molar refractivity (Wildman–Crippen MR) is 66.8 cm³/mol. The zero-order chi connectivity index (χ0) is 14.2. The number of carbonyl (C=O) groups excluding carboxylic acids is 2. The molecule has 0 aromatic heterocycles. The zero-order valence-electron chi connectivity index (χ0n) is 11.4. The van der Waals surface area contributed by atoms with Gasteiger partial charge in [-0.15, -0.1) is 0 Å². The Bertz CT molecular complexity index is 311. The van der Waals surface area contributed by atoms with E-state index in [0.717, 1.165) is 0 Å². The fraction of sp³-hybridized carbons (Fsp3) is 0.692. The monoisotopic (exact) mass is 258 g/mol. The molecule has 0 rings (SSSR count). The Balaban J connectivity index is 4.99. The molecule has 1 N–H and O–H groups in total. The molecule has 5 nitrogen and oxygen atoms in total. The van der Waals surface area contributed by atoms with E-state index in [2.05, 4.69) is 4.74 Å². The zero-order valence-corrected chi connectivity index (χ0v) is 11.4. The van der Waals surface area contributed by atoms with Gasteiger partial charge in [-0.3, -0.25) is 4.79 Å². The predicted octanol–water partition coefficient (Wildman–Crippen LogP) is 1.45. The maximum absolute atomic E-state index is 11.8. The molecule has 0 aromatic rings. The van der Waals surface area contributed by atoms with E-state index in [1.54, 1.807) is 13.8 Å². The molecule has 0 aromatic carbocycles. The molecule has 2 unspecified atom stereocenters. The standard InChI is InChI=1S/C13H22O5/c1-5-7-8-10(3)13(16,9-11(14)17-4)12(15)18-6-2/h5,7,10,16H,6,8-9H2,1-4H3. The summed E-state index contributed by atoms with van der Waals surface area (Å²) >= 11 is 0. The number of methoxy groups -OCH3 is 1. The van der Waals surface area contributed by atoms with E-state index in [4.69, 9.17) is 4.74 Å². The Labute approximate surface area is 108 Å². The molecular weight excluding hydrogens is 236 g/mol. The van der Waals surface area contributed by atoms with Crippen LogP contribution >= 0.6 is 0 Å². The van der Waals surface area contributed by atoms with E-state index >= 15 is 0 Å². The topological polar surface area (TPSA) is 72.8 Å². The average Bonchev–Trinajstić information content (AvgIpc) is 2.35. The highest BCUT2D eigenvalue weighted by molar-refractivity contribution is 5.86. The van der Waals surface area contributed by atoms with E-state index in [-0.39, 0.29) is 6.61 Å². The molecule has 0 saturated heterocycles. The summed E-state index contributed by atoms with van der Waals surface area (Å²) in [4.78, 5) is 23.1. The third kappa shape index (κ3) is 4.49. The Morgan fingerprint density at radius 2 is 2.06 bits per heavy atom. The highest BCUT2D eigenvalue weighted by Crippen LogP contribution is 2.27. The number of ether oxygens (including phenoxy) is 2. The number of rotatable bonds is 7. The Hall–Kier alpha value is -1.36. The molecule has 0 aliphatic heterocycles. The molecule has 104 valence electrons. The maximum Gasteiger partial charge on any atom is 0.339 e. The number of hydrogen-bond acceptors (Lipinski definition) is 5. The summed E-state index contributed by atoms with van der Waals surface area (Å²) < 4.78 is 9.34. The minimum absolute atomic E-state index is 0.151. The first-order chi connectivity index (χ1) is 8.42. The summed E-state index contributed by atoms with van der Waals surface area (Å²) in [6.07, 6.45) is 3.72. The van der Waals surface area contributed by atoms with Crippen molar-refractivity contribution >= 4 is 11.9 Å². The third-order valence-corrected chi connectivity index (χ3v) is 2.81. The summed E-state index contributed by atoms with van der Waals surface area (Å²) in [5.74, 6) is -1.86. The first-order valence-electron chi connectivity index (χ1n) is 5.99. The molecule has 0 aliphatic carbocycles. The lowest BCUT2D eigenvalue weighted by Gasteiger charge is -2.30. The molecular formula is C13H22O5. The van der Waals surface area contributed by atoms with Crippen LogP contribution in [0.3, 0.4) is 0 Å². The van der Waals surface area contributed by atoms with E-state index in [0.29, 0.717) is 6.42 Å². The van der Waals surface area contributed by atoms with Gasteiger partial charge in [-0.05, 0) is 26.2 Å². The molecule has 18 heavy (non-hydrogen) atoms. The van der Waals surface area contributed by atoms with Crippen molar-refractivity contribution in [1.29, 1.82) is 0 Å². The summed E-state index contributed by atoms with van der Waals surface area (Å²) in [5.41, 5.74) is -1.84. The molecule has 0 radical (unpaired) electrons. The lowest BCUT2D eigenvalue weighted by Crippen LogP contribution is -2.47. The smallest absolute Gasteiger partial charge is 0.339 e.